The van der Waals surface area contributed by atoms with E-state index in [1.165, 1.54) is 4.90 Å². The predicted molar refractivity (Wildman–Crippen MR) is 40.3 cm³/mol. The molecule has 0 spiro atoms. The maximum absolute atomic E-state index is 11.7. The molecule has 0 atom stereocenters. The molecule has 3 nitrogen and oxygen atoms in total. The van der Waals surface area contributed by atoms with Crippen molar-refractivity contribution in [3.8, 4) is 0 Å². The number of carbonyl (C=O) groups excluding carboxylic acids is 1. The van der Waals surface area contributed by atoms with E-state index in [9.17, 15) is 18.0 Å². The Kier molecular flexibility index (Phi) is 3.00. The van der Waals surface area contributed by atoms with Gasteiger partial charge in [0.15, 0.2) is 0 Å². The third-order valence-electron chi connectivity index (χ3n) is 1.83. The van der Waals surface area contributed by atoms with Crippen LogP contribution < -0.4 is 5.32 Å². The topological polar surface area (TPSA) is 32.3 Å². The normalized spacial score (nSPS) is 17.6. The second kappa shape index (κ2) is 3.85. The van der Waals surface area contributed by atoms with E-state index in [1.54, 1.807) is 0 Å². The van der Waals surface area contributed by atoms with Crippen molar-refractivity contribution in [2.24, 2.45) is 0 Å². The summed E-state index contributed by atoms with van der Waals surface area (Å²) in [5.41, 5.74) is 0. The molecule has 0 aromatic carbocycles. The lowest BCUT2D eigenvalue weighted by atomic mass is 10.4. The molecule has 1 heterocycles. The molecule has 0 saturated carbocycles. The number of nitrogens with one attached hydrogen (secondary N) is 1. The molecular weight excluding hydrogens is 185 g/mol. The van der Waals surface area contributed by atoms with Crippen molar-refractivity contribution < 1.29 is 18.0 Å². The second-order valence-electron chi connectivity index (χ2n) is 2.97. The first-order valence-electron chi connectivity index (χ1n) is 4.08. The molecule has 0 aromatic heterocycles. The number of rotatable bonds is 1. The molecule has 1 N–H and O–H groups in total. The summed E-state index contributed by atoms with van der Waals surface area (Å²) in [5, 5.41) is 1.83. The highest BCUT2D eigenvalue weighted by molar-refractivity contribution is 5.74. The van der Waals surface area contributed by atoms with Crippen LogP contribution >= 0.6 is 0 Å². The van der Waals surface area contributed by atoms with Gasteiger partial charge in [-0.3, -0.25) is 0 Å². The molecule has 1 aliphatic heterocycles. The lowest BCUT2D eigenvalue weighted by molar-refractivity contribution is -0.123. The van der Waals surface area contributed by atoms with E-state index in [4.69, 9.17) is 0 Å². The number of amides is 2. The summed E-state index contributed by atoms with van der Waals surface area (Å²) in [4.78, 5) is 12.4. The standard InChI is InChI=1S/C7H11F3N2O/c8-7(9,10)5-11-6(13)12-3-1-2-4-12/h1-5H2,(H,11,13). The number of halogens is 3. The van der Waals surface area contributed by atoms with Crippen molar-refractivity contribution in [3.63, 3.8) is 0 Å². The number of carbonyl (C=O) groups is 1. The number of nitrogens with zero attached hydrogens (tertiary/aromatic N) is 1. The first kappa shape index (κ1) is 10.1. The monoisotopic (exact) mass is 196 g/mol. The minimum Gasteiger partial charge on any atom is -0.329 e. The molecule has 1 rings (SSSR count). The van der Waals surface area contributed by atoms with E-state index in [0.29, 0.717) is 13.1 Å². The molecule has 6 heteroatoms. The molecule has 0 unspecified atom stereocenters. The van der Waals surface area contributed by atoms with Gasteiger partial charge in [-0.2, -0.15) is 13.2 Å². The fourth-order valence-electron chi connectivity index (χ4n) is 1.21. The van der Waals surface area contributed by atoms with Gasteiger partial charge in [0, 0.05) is 13.1 Å². The summed E-state index contributed by atoms with van der Waals surface area (Å²) >= 11 is 0. The van der Waals surface area contributed by atoms with Crippen LogP contribution in [0.4, 0.5) is 18.0 Å². The molecule has 1 aliphatic rings. The predicted octanol–water partition coefficient (Wildman–Crippen LogP) is 1.35. The zero-order valence-electron chi connectivity index (χ0n) is 7.02. The van der Waals surface area contributed by atoms with Gasteiger partial charge in [0.05, 0.1) is 0 Å². The van der Waals surface area contributed by atoms with Crippen LogP contribution in [0.3, 0.4) is 0 Å². The Hall–Kier alpha value is -0.940. The molecule has 1 saturated heterocycles. The van der Waals surface area contributed by atoms with E-state index < -0.39 is 18.8 Å². The molecule has 2 amide bonds. The summed E-state index contributed by atoms with van der Waals surface area (Å²) in [6.45, 7) is -0.129. The average molecular weight is 196 g/mol. The first-order chi connectivity index (χ1) is 5.99. The van der Waals surface area contributed by atoms with Crippen LogP contribution in [0.25, 0.3) is 0 Å². The highest BCUT2D eigenvalue weighted by Crippen LogP contribution is 2.13. The second-order valence-corrected chi connectivity index (χ2v) is 2.97. The van der Waals surface area contributed by atoms with Crippen molar-refractivity contribution in [1.82, 2.24) is 10.2 Å². The Morgan fingerprint density at radius 3 is 2.31 bits per heavy atom. The zero-order chi connectivity index (χ0) is 9.90. The van der Waals surface area contributed by atoms with Gasteiger partial charge in [0.25, 0.3) is 0 Å². The van der Waals surface area contributed by atoms with Gasteiger partial charge in [-0.05, 0) is 12.8 Å². The molecule has 0 radical (unpaired) electrons. The van der Waals surface area contributed by atoms with Crippen LogP contribution in [0.15, 0.2) is 0 Å². The van der Waals surface area contributed by atoms with Crippen molar-refractivity contribution in [3.05, 3.63) is 0 Å². The largest absolute Gasteiger partial charge is 0.405 e. The number of hydrogen-bond donors (Lipinski definition) is 1. The van der Waals surface area contributed by atoms with Crippen LogP contribution in [0, 0.1) is 0 Å². The van der Waals surface area contributed by atoms with E-state index in [2.05, 4.69) is 0 Å². The molecule has 13 heavy (non-hydrogen) atoms. The van der Waals surface area contributed by atoms with Crippen LogP contribution in [-0.4, -0.2) is 36.7 Å². The molecule has 1 fully saturated rings. The number of likely N-dealkylation sites (tertiary alicyclic amines) is 1. The summed E-state index contributed by atoms with van der Waals surface area (Å²) < 4.78 is 35.0. The summed E-state index contributed by atoms with van der Waals surface area (Å²) in [5.74, 6) is 0. The third-order valence-corrected chi connectivity index (χ3v) is 1.83. The van der Waals surface area contributed by atoms with Gasteiger partial charge < -0.3 is 10.2 Å². The highest BCUT2D eigenvalue weighted by atomic mass is 19.4. The Balaban J connectivity index is 2.25. The van der Waals surface area contributed by atoms with E-state index in [0.717, 1.165) is 12.8 Å². The zero-order valence-corrected chi connectivity index (χ0v) is 7.02. The highest BCUT2D eigenvalue weighted by Gasteiger charge is 2.29. The van der Waals surface area contributed by atoms with Gasteiger partial charge in [0.2, 0.25) is 0 Å². The molecule has 0 aromatic rings. The van der Waals surface area contributed by atoms with E-state index in [-0.39, 0.29) is 0 Å². The molecule has 0 aliphatic carbocycles. The van der Waals surface area contributed by atoms with Crippen LogP contribution in [0.2, 0.25) is 0 Å². The fourth-order valence-corrected chi connectivity index (χ4v) is 1.21. The smallest absolute Gasteiger partial charge is 0.329 e. The molecule has 76 valence electrons. The maximum Gasteiger partial charge on any atom is 0.405 e. The molecular formula is C7H11F3N2O. The van der Waals surface area contributed by atoms with Gasteiger partial charge in [-0.25, -0.2) is 4.79 Å². The van der Waals surface area contributed by atoms with Gasteiger partial charge in [-0.15, -0.1) is 0 Å². The quantitative estimate of drug-likeness (QED) is 0.674. The first-order valence-corrected chi connectivity index (χ1v) is 4.08. The fraction of sp³-hybridized carbons (Fsp3) is 0.857. The minimum absolute atomic E-state index is 0.559. The lowest BCUT2D eigenvalue weighted by Crippen LogP contribution is -2.42. The van der Waals surface area contributed by atoms with Gasteiger partial charge in [-0.1, -0.05) is 0 Å². The SMILES string of the molecule is O=C(NCC(F)(F)F)N1CCCC1. The van der Waals surface area contributed by atoms with Crippen molar-refractivity contribution in [2.75, 3.05) is 19.6 Å². The third kappa shape index (κ3) is 3.52. The summed E-state index contributed by atoms with van der Waals surface area (Å²) in [6, 6.07) is -0.616. The van der Waals surface area contributed by atoms with Crippen LogP contribution in [0.1, 0.15) is 12.8 Å². The maximum atomic E-state index is 11.7. The van der Waals surface area contributed by atoms with Gasteiger partial charge >= 0.3 is 12.2 Å². The Bertz CT molecular complexity index is 187. The van der Waals surface area contributed by atoms with Gasteiger partial charge in [0.1, 0.15) is 6.54 Å². The number of hydrogen-bond acceptors (Lipinski definition) is 1. The minimum atomic E-state index is -4.32. The van der Waals surface area contributed by atoms with E-state index >= 15 is 0 Å². The Morgan fingerprint density at radius 2 is 1.85 bits per heavy atom. The average Bonchev–Trinajstić information content (AvgIpc) is 2.50. The van der Waals surface area contributed by atoms with Crippen molar-refractivity contribution in [2.45, 2.75) is 19.0 Å². The number of urea groups is 1. The molecule has 0 bridgehead atoms. The summed E-state index contributed by atoms with van der Waals surface area (Å²) in [6.07, 6.45) is -2.58. The lowest BCUT2D eigenvalue weighted by Gasteiger charge is -2.16. The van der Waals surface area contributed by atoms with Crippen molar-refractivity contribution in [1.29, 1.82) is 0 Å². The van der Waals surface area contributed by atoms with E-state index in [1.807, 2.05) is 5.32 Å². The van der Waals surface area contributed by atoms with Crippen LogP contribution in [0.5, 0.6) is 0 Å². The van der Waals surface area contributed by atoms with Crippen LogP contribution in [-0.2, 0) is 0 Å². The Labute approximate surface area is 73.9 Å². The van der Waals surface area contributed by atoms with Crippen molar-refractivity contribution >= 4 is 6.03 Å². The Morgan fingerprint density at radius 1 is 1.31 bits per heavy atom. The summed E-state index contributed by atoms with van der Waals surface area (Å²) in [7, 11) is 0. The number of alkyl halides is 3.